The molecule has 0 aliphatic rings. The van der Waals surface area contributed by atoms with Crippen LogP contribution in [0.1, 0.15) is 0 Å². The van der Waals surface area contributed by atoms with Gasteiger partial charge in [-0.2, -0.15) is 11.3 Å². The van der Waals surface area contributed by atoms with Gasteiger partial charge in [-0.05, 0) is 40.1 Å². The Morgan fingerprint density at radius 1 is 0.882 bits per heavy atom. The molecule has 0 spiro atoms. The SMILES string of the molecule is COc1cc(-c2ccsc2)cc(OC)c1OC. The van der Waals surface area contributed by atoms with E-state index >= 15 is 0 Å². The summed E-state index contributed by atoms with van der Waals surface area (Å²) in [4.78, 5) is 0. The Morgan fingerprint density at radius 2 is 1.53 bits per heavy atom. The lowest BCUT2D eigenvalue weighted by molar-refractivity contribution is 0.324. The molecule has 0 atom stereocenters. The molecule has 0 bridgehead atoms. The Hall–Kier alpha value is -1.68. The van der Waals surface area contributed by atoms with E-state index in [4.69, 9.17) is 14.2 Å². The van der Waals surface area contributed by atoms with Crippen molar-refractivity contribution in [1.29, 1.82) is 0 Å². The Labute approximate surface area is 105 Å². The molecular formula is C13H14O3S. The maximum Gasteiger partial charge on any atom is 0.203 e. The molecule has 2 rings (SSSR count). The molecule has 1 heterocycles. The molecule has 0 saturated carbocycles. The summed E-state index contributed by atoms with van der Waals surface area (Å²) in [6.45, 7) is 0. The van der Waals surface area contributed by atoms with Crippen LogP contribution >= 0.6 is 11.3 Å². The van der Waals surface area contributed by atoms with E-state index in [1.165, 1.54) is 0 Å². The molecule has 0 radical (unpaired) electrons. The molecule has 1 aromatic carbocycles. The van der Waals surface area contributed by atoms with Gasteiger partial charge in [-0.25, -0.2) is 0 Å². The van der Waals surface area contributed by atoms with E-state index in [0.717, 1.165) is 11.1 Å². The minimum Gasteiger partial charge on any atom is -0.493 e. The van der Waals surface area contributed by atoms with Crippen LogP contribution in [0.15, 0.2) is 29.0 Å². The van der Waals surface area contributed by atoms with Crippen LogP contribution in [-0.2, 0) is 0 Å². The van der Waals surface area contributed by atoms with Crippen molar-refractivity contribution in [2.75, 3.05) is 21.3 Å². The van der Waals surface area contributed by atoms with Crippen LogP contribution < -0.4 is 14.2 Å². The molecule has 0 N–H and O–H groups in total. The summed E-state index contributed by atoms with van der Waals surface area (Å²) in [6.07, 6.45) is 0. The largest absolute Gasteiger partial charge is 0.493 e. The van der Waals surface area contributed by atoms with E-state index in [-0.39, 0.29) is 0 Å². The van der Waals surface area contributed by atoms with Crippen molar-refractivity contribution >= 4 is 11.3 Å². The van der Waals surface area contributed by atoms with Crippen molar-refractivity contribution in [3.8, 4) is 28.4 Å². The molecule has 90 valence electrons. The van der Waals surface area contributed by atoms with Crippen LogP contribution in [0.25, 0.3) is 11.1 Å². The molecule has 1 aromatic heterocycles. The van der Waals surface area contributed by atoms with Gasteiger partial charge in [0.1, 0.15) is 0 Å². The molecule has 0 amide bonds. The molecule has 0 aliphatic heterocycles. The molecule has 3 nitrogen and oxygen atoms in total. The zero-order chi connectivity index (χ0) is 12.3. The average molecular weight is 250 g/mol. The lowest BCUT2D eigenvalue weighted by Crippen LogP contribution is -1.95. The van der Waals surface area contributed by atoms with Crippen LogP contribution in [0.3, 0.4) is 0 Å². The third-order valence-corrected chi connectivity index (χ3v) is 3.20. The molecule has 17 heavy (non-hydrogen) atoms. The van der Waals surface area contributed by atoms with Crippen LogP contribution in [0.4, 0.5) is 0 Å². The Morgan fingerprint density at radius 3 is 1.94 bits per heavy atom. The topological polar surface area (TPSA) is 27.7 Å². The normalized spacial score (nSPS) is 10.1. The number of benzene rings is 1. The van der Waals surface area contributed by atoms with E-state index in [9.17, 15) is 0 Å². The first-order chi connectivity index (χ1) is 8.30. The second-order valence-corrected chi connectivity index (χ2v) is 4.21. The smallest absolute Gasteiger partial charge is 0.203 e. The maximum atomic E-state index is 5.32. The minimum absolute atomic E-state index is 0.619. The van der Waals surface area contributed by atoms with Gasteiger partial charge >= 0.3 is 0 Å². The zero-order valence-electron chi connectivity index (χ0n) is 10.0. The van der Waals surface area contributed by atoms with Gasteiger partial charge in [0.25, 0.3) is 0 Å². The summed E-state index contributed by atoms with van der Waals surface area (Å²) < 4.78 is 15.9. The Kier molecular flexibility index (Phi) is 3.54. The number of thiophene rings is 1. The Balaban J connectivity index is 2.56. The molecule has 0 saturated heterocycles. The van der Waals surface area contributed by atoms with Crippen molar-refractivity contribution in [3.63, 3.8) is 0 Å². The summed E-state index contributed by atoms with van der Waals surface area (Å²) in [6, 6.07) is 5.96. The molecule has 0 aliphatic carbocycles. The fourth-order valence-corrected chi connectivity index (χ4v) is 2.34. The summed E-state index contributed by atoms with van der Waals surface area (Å²) >= 11 is 1.66. The highest BCUT2D eigenvalue weighted by Gasteiger charge is 2.13. The van der Waals surface area contributed by atoms with Crippen LogP contribution in [0.2, 0.25) is 0 Å². The van der Waals surface area contributed by atoms with Gasteiger partial charge in [0.2, 0.25) is 5.75 Å². The van der Waals surface area contributed by atoms with Crippen molar-refractivity contribution in [1.82, 2.24) is 0 Å². The van der Waals surface area contributed by atoms with Gasteiger partial charge in [-0.1, -0.05) is 0 Å². The van der Waals surface area contributed by atoms with E-state index in [2.05, 4.69) is 11.4 Å². The van der Waals surface area contributed by atoms with Gasteiger partial charge < -0.3 is 14.2 Å². The zero-order valence-corrected chi connectivity index (χ0v) is 10.8. The number of hydrogen-bond acceptors (Lipinski definition) is 4. The fraction of sp³-hybridized carbons (Fsp3) is 0.231. The highest BCUT2D eigenvalue weighted by molar-refractivity contribution is 7.08. The molecular weight excluding hydrogens is 236 g/mol. The fourth-order valence-electron chi connectivity index (χ4n) is 1.68. The summed E-state index contributed by atoms with van der Waals surface area (Å²) in [7, 11) is 4.84. The quantitative estimate of drug-likeness (QED) is 0.832. The van der Waals surface area contributed by atoms with Gasteiger partial charge in [0.05, 0.1) is 21.3 Å². The van der Waals surface area contributed by atoms with Crippen LogP contribution in [0.5, 0.6) is 17.2 Å². The van der Waals surface area contributed by atoms with Gasteiger partial charge in [-0.15, -0.1) is 0 Å². The van der Waals surface area contributed by atoms with Crippen LogP contribution in [-0.4, -0.2) is 21.3 Å². The summed E-state index contributed by atoms with van der Waals surface area (Å²) in [5.74, 6) is 1.97. The monoisotopic (exact) mass is 250 g/mol. The van der Waals surface area contributed by atoms with E-state index in [1.54, 1.807) is 32.7 Å². The molecule has 0 unspecified atom stereocenters. The third kappa shape index (κ3) is 2.22. The van der Waals surface area contributed by atoms with E-state index < -0.39 is 0 Å². The second kappa shape index (κ2) is 5.10. The molecule has 0 fully saturated rings. The first-order valence-electron chi connectivity index (χ1n) is 5.12. The number of methoxy groups -OCH3 is 3. The van der Waals surface area contributed by atoms with Crippen molar-refractivity contribution in [2.45, 2.75) is 0 Å². The number of rotatable bonds is 4. The Bertz CT molecular complexity index is 466. The standard InChI is InChI=1S/C13H14O3S/c1-14-11-6-10(9-4-5-17-8-9)7-12(15-2)13(11)16-3/h4-8H,1-3H3. The van der Waals surface area contributed by atoms with E-state index in [0.29, 0.717) is 17.2 Å². The third-order valence-electron chi connectivity index (χ3n) is 2.52. The van der Waals surface area contributed by atoms with Crippen molar-refractivity contribution in [3.05, 3.63) is 29.0 Å². The second-order valence-electron chi connectivity index (χ2n) is 3.43. The molecule has 4 heteroatoms. The highest BCUT2D eigenvalue weighted by atomic mass is 32.1. The predicted octanol–water partition coefficient (Wildman–Crippen LogP) is 3.44. The van der Waals surface area contributed by atoms with Crippen molar-refractivity contribution < 1.29 is 14.2 Å². The first kappa shape index (κ1) is 11.8. The van der Waals surface area contributed by atoms with E-state index in [1.807, 2.05) is 17.5 Å². The number of ether oxygens (including phenoxy) is 3. The van der Waals surface area contributed by atoms with Crippen molar-refractivity contribution in [2.24, 2.45) is 0 Å². The van der Waals surface area contributed by atoms with Crippen LogP contribution in [0, 0.1) is 0 Å². The maximum absolute atomic E-state index is 5.32. The van der Waals surface area contributed by atoms with Gasteiger partial charge in [0, 0.05) is 0 Å². The number of hydrogen-bond donors (Lipinski definition) is 0. The lowest BCUT2D eigenvalue weighted by atomic mass is 10.1. The predicted molar refractivity (Wildman–Crippen MR) is 69.4 cm³/mol. The van der Waals surface area contributed by atoms with Gasteiger partial charge in [0.15, 0.2) is 11.5 Å². The first-order valence-corrected chi connectivity index (χ1v) is 6.07. The molecule has 2 aromatic rings. The lowest BCUT2D eigenvalue weighted by Gasteiger charge is -2.13. The summed E-state index contributed by atoms with van der Waals surface area (Å²) in [5, 5.41) is 4.12. The summed E-state index contributed by atoms with van der Waals surface area (Å²) in [5.41, 5.74) is 2.20. The average Bonchev–Trinajstić information content (AvgIpc) is 2.90. The highest BCUT2D eigenvalue weighted by Crippen LogP contribution is 2.41. The minimum atomic E-state index is 0.619. The van der Waals surface area contributed by atoms with Gasteiger partial charge in [-0.3, -0.25) is 0 Å².